The number of anilines is 2. The number of amides is 3. The van der Waals surface area contributed by atoms with Crippen LogP contribution in [0.1, 0.15) is 38.8 Å². The minimum absolute atomic E-state index is 0.0347. The number of benzene rings is 5. The van der Waals surface area contributed by atoms with Crippen LogP contribution in [0, 0.1) is 0 Å². The summed E-state index contributed by atoms with van der Waals surface area (Å²) in [4.78, 5) is 53.6. The number of hydrogen-bond acceptors (Lipinski definition) is 8. The first kappa shape index (κ1) is 38.3. The van der Waals surface area contributed by atoms with Crippen molar-refractivity contribution in [1.82, 2.24) is 5.32 Å². The highest BCUT2D eigenvalue weighted by molar-refractivity contribution is 8.00. The number of thiophene rings is 1. The van der Waals surface area contributed by atoms with Gasteiger partial charge in [-0.25, -0.2) is 4.79 Å². The third-order valence-electron chi connectivity index (χ3n) is 8.04. The Morgan fingerprint density at radius 2 is 1.45 bits per heavy atom. The van der Waals surface area contributed by atoms with Gasteiger partial charge in [0.1, 0.15) is 28.6 Å². The van der Waals surface area contributed by atoms with E-state index in [-0.39, 0.29) is 24.0 Å². The molecule has 0 saturated heterocycles. The monoisotopic (exact) mass is 767 g/mol. The number of rotatable bonds is 15. The summed E-state index contributed by atoms with van der Waals surface area (Å²) in [6.45, 7) is 2.35. The van der Waals surface area contributed by atoms with Gasteiger partial charge in [0.2, 0.25) is 5.91 Å². The maximum atomic E-state index is 13.7. The van der Waals surface area contributed by atoms with Crippen LogP contribution in [-0.2, 0) is 20.9 Å². The van der Waals surface area contributed by atoms with Gasteiger partial charge >= 0.3 is 5.97 Å². The molecule has 6 rings (SSSR count). The molecule has 0 spiro atoms. The molecule has 1 heterocycles. The van der Waals surface area contributed by atoms with Crippen molar-refractivity contribution in [1.29, 1.82) is 0 Å². The lowest BCUT2D eigenvalue weighted by atomic mass is 10.0. The van der Waals surface area contributed by atoms with Crippen molar-refractivity contribution in [3.63, 3.8) is 0 Å². The molecule has 0 bridgehead atoms. The van der Waals surface area contributed by atoms with Crippen LogP contribution >= 0.6 is 23.1 Å². The van der Waals surface area contributed by atoms with Crippen LogP contribution in [0.15, 0.2) is 155 Å². The van der Waals surface area contributed by atoms with E-state index < -0.39 is 17.8 Å². The molecule has 0 atom stereocenters. The Bertz CT molecular complexity index is 2280. The van der Waals surface area contributed by atoms with Crippen molar-refractivity contribution in [2.45, 2.75) is 18.4 Å². The summed E-state index contributed by atoms with van der Waals surface area (Å²) >= 11 is 2.53. The fraction of sp³-hybridized carbons (Fsp3) is 0.0909. The predicted octanol–water partition coefficient (Wildman–Crippen LogP) is 9.31. The van der Waals surface area contributed by atoms with Crippen molar-refractivity contribution in [2.24, 2.45) is 0 Å². The molecule has 276 valence electrons. The summed E-state index contributed by atoms with van der Waals surface area (Å²) in [5, 5.41) is 10.8. The fourth-order valence-electron chi connectivity index (χ4n) is 5.37. The van der Waals surface area contributed by atoms with Gasteiger partial charge in [-0.05, 0) is 72.2 Å². The topological polar surface area (TPSA) is 123 Å². The van der Waals surface area contributed by atoms with E-state index in [4.69, 9.17) is 9.47 Å². The normalized spacial score (nSPS) is 11.0. The van der Waals surface area contributed by atoms with Gasteiger partial charge in [-0.3, -0.25) is 14.4 Å². The number of thioether (sulfide) groups is 1. The summed E-state index contributed by atoms with van der Waals surface area (Å²) in [5.41, 5.74) is 4.47. The number of carbonyl (C=O) groups is 4. The zero-order valence-corrected chi connectivity index (χ0v) is 31.5. The highest BCUT2D eigenvalue weighted by atomic mass is 32.2. The van der Waals surface area contributed by atoms with E-state index in [1.165, 1.54) is 23.1 Å². The molecule has 0 unspecified atom stereocenters. The molecule has 55 heavy (non-hydrogen) atoms. The molecule has 0 aliphatic rings. The van der Waals surface area contributed by atoms with Gasteiger partial charge in [0.05, 0.1) is 12.4 Å². The summed E-state index contributed by atoms with van der Waals surface area (Å²) < 4.78 is 11.2. The SMILES string of the molecule is CCOC(=O)c1c(-c2ccccc2)csc1NC(=O)CSc1cccc(NC(=O)/C(=C\c2ccc(OCc3ccccc3)cc2)NC(=O)c2ccccc2)c1. The van der Waals surface area contributed by atoms with Crippen LogP contribution in [-0.4, -0.2) is 36.1 Å². The van der Waals surface area contributed by atoms with Gasteiger partial charge in [-0.2, -0.15) is 0 Å². The second-order valence-corrected chi connectivity index (χ2v) is 13.9. The van der Waals surface area contributed by atoms with Crippen LogP contribution in [0.25, 0.3) is 17.2 Å². The number of hydrogen-bond donors (Lipinski definition) is 3. The molecule has 3 amide bonds. The predicted molar refractivity (Wildman–Crippen MR) is 219 cm³/mol. The highest BCUT2D eigenvalue weighted by Crippen LogP contribution is 2.36. The lowest BCUT2D eigenvalue weighted by molar-refractivity contribution is -0.114. The maximum Gasteiger partial charge on any atom is 0.341 e. The molecule has 0 aliphatic carbocycles. The largest absolute Gasteiger partial charge is 0.489 e. The molecule has 0 radical (unpaired) electrons. The number of nitrogens with one attached hydrogen (secondary N) is 3. The smallest absolute Gasteiger partial charge is 0.341 e. The first-order valence-electron chi connectivity index (χ1n) is 17.4. The molecule has 5 aromatic carbocycles. The van der Waals surface area contributed by atoms with Crippen LogP contribution in [0.3, 0.4) is 0 Å². The van der Waals surface area contributed by atoms with Crippen LogP contribution in [0.2, 0.25) is 0 Å². The lowest BCUT2D eigenvalue weighted by Gasteiger charge is -2.13. The molecular weight excluding hydrogens is 731 g/mol. The molecule has 3 N–H and O–H groups in total. The molecule has 1 aromatic heterocycles. The molecule has 11 heteroatoms. The number of carbonyl (C=O) groups excluding carboxylic acids is 4. The Morgan fingerprint density at radius 3 is 2.16 bits per heavy atom. The van der Waals surface area contributed by atoms with Gasteiger partial charge in [0.15, 0.2) is 0 Å². The molecular formula is C44H37N3O6S2. The van der Waals surface area contributed by atoms with Crippen molar-refractivity contribution in [2.75, 3.05) is 23.0 Å². The molecule has 6 aromatic rings. The third kappa shape index (κ3) is 10.8. The van der Waals surface area contributed by atoms with Crippen LogP contribution in [0.5, 0.6) is 5.75 Å². The fourth-order valence-corrected chi connectivity index (χ4v) is 7.10. The summed E-state index contributed by atoms with van der Waals surface area (Å²) in [6, 6.07) is 42.2. The minimum atomic E-state index is -0.535. The average Bonchev–Trinajstić information content (AvgIpc) is 3.64. The molecule has 9 nitrogen and oxygen atoms in total. The first-order valence-corrected chi connectivity index (χ1v) is 19.3. The Hall–Kier alpha value is -6.43. The summed E-state index contributed by atoms with van der Waals surface area (Å²) in [6.07, 6.45) is 1.60. The van der Waals surface area contributed by atoms with Crippen molar-refractivity contribution in [3.8, 4) is 16.9 Å². The minimum Gasteiger partial charge on any atom is -0.489 e. The van der Waals surface area contributed by atoms with E-state index >= 15 is 0 Å². The Labute approximate surface area is 327 Å². The van der Waals surface area contributed by atoms with E-state index in [2.05, 4.69) is 16.0 Å². The van der Waals surface area contributed by atoms with E-state index in [1.807, 2.05) is 72.1 Å². The van der Waals surface area contributed by atoms with Crippen molar-refractivity contribution < 1.29 is 28.7 Å². The molecule has 0 saturated carbocycles. The van der Waals surface area contributed by atoms with Gasteiger partial charge in [0.25, 0.3) is 11.8 Å². The van der Waals surface area contributed by atoms with E-state index in [1.54, 1.807) is 85.8 Å². The van der Waals surface area contributed by atoms with Crippen molar-refractivity contribution in [3.05, 3.63) is 173 Å². The standard InChI is InChI=1S/C44H37N3O6S2/c1-2-52-44(51)40-37(32-15-8-4-9-16-32)28-55-43(40)47-39(48)29-54-36-20-12-19-34(26-36)45-42(50)38(46-41(49)33-17-10-5-11-18-33)25-30-21-23-35(24-22-30)53-27-31-13-6-3-7-14-31/h3-26,28H,2,27,29H2,1H3,(H,45,50)(H,46,49)(H,47,48)/b38-25+. The second-order valence-electron chi connectivity index (χ2n) is 12.0. The van der Waals surface area contributed by atoms with Crippen molar-refractivity contribution >= 4 is 63.6 Å². The average molecular weight is 768 g/mol. The number of esters is 1. The first-order chi connectivity index (χ1) is 26.9. The molecule has 0 fully saturated rings. The molecule has 0 aliphatic heterocycles. The zero-order valence-electron chi connectivity index (χ0n) is 29.8. The summed E-state index contributed by atoms with van der Waals surface area (Å²) in [7, 11) is 0. The van der Waals surface area contributed by atoms with Gasteiger partial charge in [-0.15, -0.1) is 23.1 Å². The Morgan fingerprint density at radius 1 is 0.764 bits per heavy atom. The number of ether oxygens (including phenoxy) is 2. The second kappa shape index (κ2) is 19.1. The van der Waals surface area contributed by atoms with Crippen LogP contribution in [0.4, 0.5) is 10.7 Å². The van der Waals surface area contributed by atoms with Gasteiger partial charge in [0, 0.05) is 27.1 Å². The Kier molecular flexibility index (Phi) is 13.3. The maximum absolute atomic E-state index is 13.7. The lowest BCUT2D eigenvalue weighted by Crippen LogP contribution is -2.30. The van der Waals surface area contributed by atoms with Crippen LogP contribution < -0.4 is 20.7 Å². The van der Waals surface area contributed by atoms with E-state index in [9.17, 15) is 19.2 Å². The summed E-state index contributed by atoms with van der Waals surface area (Å²) in [5.74, 6) is -1.08. The highest BCUT2D eigenvalue weighted by Gasteiger charge is 2.23. The quantitative estimate of drug-likeness (QED) is 0.0541. The third-order valence-corrected chi connectivity index (χ3v) is 9.93. The zero-order chi connectivity index (χ0) is 38.4. The van der Waals surface area contributed by atoms with E-state index in [0.29, 0.717) is 45.3 Å². The van der Waals surface area contributed by atoms with E-state index in [0.717, 1.165) is 16.0 Å². The van der Waals surface area contributed by atoms with Gasteiger partial charge < -0.3 is 25.4 Å². The Balaban J connectivity index is 1.12. The van der Waals surface area contributed by atoms with Gasteiger partial charge in [-0.1, -0.05) is 97.1 Å².